The number of rotatable bonds is 7. The number of hydrogen-bond acceptors (Lipinski definition) is 10. The number of fused-ring (bicyclic) bond motifs is 2. The van der Waals surface area contributed by atoms with Crippen LogP contribution in [0.25, 0.3) is 10.2 Å². The molecule has 39 heavy (non-hydrogen) atoms. The average molecular weight is 594 g/mol. The van der Waals surface area contributed by atoms with Gasteiger partial charge in [0, 0.05) is 11.9 Å². The number of aromatic nitrogens is 1. The standard InChI is InChI=1S/C25H27N3O8S3/c1-13-5-7-15-17(9-13)37-22(21(15)24(32)36-4)26-19(29)11-39(33,34)12-20(30)27-25-28(2)16-8-6-14(23(31)35-3)10-18(16)38-25/h6,8,10,13H,5,7,9,11-12H2,1-4H3,(H,26,29). The summed E-state index contributed by atoms with van der Waals surface area (Å²) >= 11 is 2.35. The molecule has 0 fully saturated rings. The number of carbonyl (C=O) groups is 4. The molecule has 1 aliphatic carbocycles. The Morgan fingerprint density at radius 3 is 2.51 bits per heavy atom. The topological polar surface area (TPSA) is 150 Å². The number of amides is 2. The van der Waals surface area contributed by atoms with E-state index in [1.165, 1.54) is 25.6 Å². The number of sulfone groups is 1. The fourth-order valence-corrected chi connectivity index (χ4v) is 7.89. The van der Waals surface area contributed by atoms with E-state index >= 15 is 0 Å². The maximum Gasteiger partial charge on any atom is 0.341 e. The van der Waals surface area contributed by atoms with E-state index in [1.807, 2.05) is 0 Å². The molecule has 0 saturated heterocycles. The monoisotopic (exact) mass is 593 g/mol. The first-order chi connectivity index (χ1) is 18.4. The predicted molar refractivity (Wildman–Crippen MR) is 147 cm³/mol. The molecular weight excluding hydrogens is 566 g/mol. The van der Waals surface area contributed by atoms with Crippen LogP contribution in [0.1, 0.15) is 44.5 Å². The molecule has 2 heterocycles. The smallest absolute Gasteiger partial charge is 0.341 e. The molecule has 208 valence electrons. The number of anilines is 1. The number of nitrogens with one attached hydrogen (secondary N) is 1. The third kappa shape index (κ3) is 6.28. The lowest BCUT2D eigenvalue weighted by Crippen LogP contribution is -2.28. The van der Waals surface area contributed by atoms with Crippen molar-refractivity contribution in [1.29, 1.82) is 0 Å². The molecule has 0 spiro atoms. The summed E-state index contributed by atoms with van der Waals surface area (Å²) in [5.41, 5.74) is 2.10. The first-order valence-electron chi connectivity index (χ1n) is 11.9. The number of nitrogens with zero attached hydrogens (tertiary/aromatic N) is 2. The van der Waals surface area contributed by atoms with Gasteiger partial charge >= 0.3 is 11.9 Å². The minimum absolute atomic E-state index is 0.234. The van der Waals surface area contributed by atoms with Gasteiger partial charge in [0.15, 0.2) is 14.6 Å². The highest BCUT2D eigenvalue weighted by Gasteiger charge is 2.30. The Labute approximate surface area is 232 Å². The summed E-state index contributed by atoms with van der Waals surface area (Å²) in [4.78, 5) is 54.6. The van der Waals surface area contributed by atoms with Crippen molar-refractivity contribution in [3.05, 3.63) is 44.6 Å². The van der Waals surface area contributed by atoms with E-state index in [2.05, 4.69) is 17.2 Å². The number of esters is 2. The zero-order chi connectivity index (χ0) is 28.5. The molecule has 0 saturated carbocycles. The SMILES string of the molecule is COC(=O)c1ccc2c(c1)sc(=NC(=O)CS(=O)(=O)CC(=O)Nc1sc3c(c1C(=O)OC)CCC(C)C3)n2C. The molecule has 1 unspecified atom stereocenters. The number of carbonyl (C=O) groups excluding carboxylic acids is 4. The van der Waals surface area contributed by atoms with Crippen molar-refractivity contribution in [2.45, 2.75) is 26.2 Å². The summed E-state index contributed by atoms with van der Waals surface area (Å²) < 4.78 is 37.2. The van der Waals surface area contributed by atoms with Gasteiger partial charge in [-0.25, -0.2) is 18.0 Å². The Kier molecular flexibility index (Phi) is 8.37. The van der Waals surface area contributed by atoms with Crippen LogP contribution in [0.5, 0.6) is 0 Å². The third-order valence-corrected chi connectivity index (χ3v) is 9.95. The highest BCUT2D eigenvalue weighted by Crippen LogP contribution is 2.40. The van der Waals surface area contributed by atoms with Crippen LogP contribution in [-0.4, -0.2) is 62.5 Å². The highest BCUT2D eigenvalue weighted by atomic mass is 32.2. The number of thiazole rings is 1. The molecule has 1 atom stereocenters. The van der Waals surface area contributed by atoms with Gasteiger partial charge in [0.25, 0.3) is 5.91 Å². The first kappa shape index (κ1) is 28.6. The van der Waals surface area contributed by atoms with Gasteiger partial charge in [-0.3, -0.25) is 9.59 Å². The van der Waals surface area contributed by atoms with Gasteiger partial charge in [-0.05, 0) is 48.9 Å². The average Bonchev–Trinajstić information content (AvgIpc) is 3.37. The van der Waals surface area contributed by atoms with Crippen molar-refractivity contribution < 1.29 is 37.1 Å². The van der Waals surface area contributed by atoms with Crippen LogP contribution < -0.4 is 10.1 Å². The van der Waals surface area contributed by atoms with Crippen LogP contribution in [0.4, 0.5) is 5.00 Å². The van der Waals surface area contributed by atoms with Crippen LogP contribution in [0.15, 0.2) is 23.2 Å². The molecule has 2 amide bonds. The van der Waals surface area contributed by atoms with Crippen LogP contribution >= 0.6 is 22.7 Å². The summed E-state index contributed by atoms with van der Waals surface area (Å²) in [5.74, 6) is -4.39. The van der Waals surface area contributed by atoms with E-state index in [1.54, 1.807) is 29.8 Å². The second kappa shape index (κ2) is 11.4. The minimum atomic E-state index is -4.17. The molecule has 1 aromatic carbocycles. The lowest BCUT2D eigenvalue weighted by molar-refractivity contribution is -0.115. The maximum atomic E-state index is 12.7. The van der Waals surface area contributed by atoms with Gasteiger partial charge in [0.1, 0.15) is 16.5 Å². The summed E-state index contributed by atoms with van der Waals surface area (Å²) in [7, 11) is 0.00984. The molecule has 0 aliphatic heterocycles. The lowest BCUT2D eigenvalue weighted by atomic mass is 9.88. The van der Waals surface area contributed by atoms with Gasteiger partial charge in [-0.15, -0.1) is 11.3 Å². The molecule has 3 aromatic rings. The number of aryl methyl sites for hydroxylation is 1. The highest BCUT2D eigenvalue weighted by molar-refractivity contribution is 7.92. The van der Waals surface area contributed by atoms with E-state index in [0.29, 0.717) is 28.1 Å². The molecule has 1 aliphatic rings. The Bertz CT molecular complexity index is 1660. The van der Waals surface area contributed by atoms with Crippen molar-refractivity contribution in [1.82, 2.24) is 4.57 Å². The van der Waals surface area contributed by atoms with Gasteiger partial charge in [0.05, 0.1) is 35.6 Å². The largest absolute Gasteiger partial charge is 0.465 e. The lowest BCUT2D eigenvalue weighted by Gasteiger charge is -2.18. The zero-order valence-corrected chi connectivity index (χ0v) is 24.2. The molecule has 0 radical (unpaired) electrons. The van der Waals surface area contributed by atoms with Crippen LogP contribution in [0.2, 0.25) is 0 Å². The van der Waals surface area contributed by atoms with Crippen molar-refractivity contribution in [2.24, 2.45) is 18.0 Å². The first-order valence-corrected chi connectivity index (χ1v) is 15.4. The van der Waals surface area contributed by atoms with Gasteiger partial charge < -0.3 is 19.4 Å². The zero-order valence-electron chi connectivity index (χ0n) is 21.7. The van der Waals surface area contributed by atoms with Crippen molar-refractivity contribution in [3.8, 4) is 0 Å². The van der Waals surface area contributed by atoms with E-state index < -0.39 is 45.1 Å². The Morgan fingerprint density at radius 2 is 1.82 bits per heavy atom. The Hall–Kier alpha value is -3.36. The number of methoxy groups -OCH3 is 2. The quantitative estimate of drug-likeness (QED) is 0.411. The van der Waals surface area contributed by atoms with E-state index in [0.717, 1.165) is 34.6 Å². The minimum Gasteiger partial charge on any atom is -0.465 e. The second-order valence-electron chi connectivity index (χ2n) is 9.25. The summed E-state index contributed by atoms with van der Waals surface area (Å²) in [5, 5.41) is 2.79. The Balaban J connectivity index is 1.49. The third-order valence-electron chi connectivity index (χ3n) is 6.30. The molecule has 2 aromatic heterocycles. The normalized spacial score (nSPS) is 15.6. The Morgan fingerprint density at radius 1 is 1.10 bits per heavy atom. The molecule has 11 nitrogen and oxygen atoms in total. The van der Waals surface area contributed by atoms with Crippen LogP contribution in [0.3, 0.4) is 0 Å². The van der Waals surface area contributed by atoms with Gasteiger partial charge in [-0.1, -0.05) is 18.3 Å². The fourth-order valence-electron chi connectivity index (χ4n) is 4.38. The molecule has 14 heteroatoms. The van der Waals surface area contributed by atoms with Crippen LogP contribution in [0, 0.1) is 5.92 Å². The number of ether oxygens (including phenoxy) is 2. The maximum absolute atomic E-state index is 12.7. The van der Waals surface area contributed by atoms with E-state index in [9.17, 15) is 27.6 Å². The summed E-state index contributed by atoms with van der Waals surface area (Å²) in [6, 6.07) is 4.85. The number of benzene rings is 1. The fraction of sp³-hybridized carbons (Fsp3) is 0.400. The molecule has 0 bridgehead atoms. The van der Waals surface area contributed by atoms with Crippen molar-refractivity contribution in [2.75, 3.05) is 31.0 Å². The molecule has 4 rings (SSSR count). The van der Waals surface area contributed by atoms with E-state index in [-0.39, 0.29) is 15.4 Å². The van der Waals surface area contributed by atoms with E-state index in [4.69, 9.17) is 9.47 Å². The molecule has 1 N–H and O–H groups in total. The molecular formula is C25H27N3O8S3. The van der Waals surface area contributed by atoms with Crippen LogP contribution in [-0.2, 0) is 48.8 Å². The number of hydrogen-bond donors (Lipinski definition) is 1. The van der Waals surface area contributed by atoms with Gasteiger partial charge in [-0.2, -0.15) is 4.99 Å². The summed E-state index contributed by atoms with van der Waals surface area (Å²) in [6.07, 6.45) is 2.32. The number of thiophene rings is 1. The predicted octanol–water partition coefficient (Wildman–Crippen LogP) is 2.48. The van der Waals surface area contributed by atoms with Crippen molar-refractivity contribution >= 4 is 71.5 Å². The summed E-state index contributed by atoms with van der Waals surface area (Å²) in [6.45, 7) is 2.10. The van der Waals surface area contributed by atoms with Gasteiger partial charge in [0.2, 0.25) is 5.91 Å². The second-order valence-corrected chi connectivity index (χ2v) is 13.4. The van der Waals surface area contributed by atoms with Crippen molar-refractivity contribution in [3.63, 3.8) is 0 Å².